The maximum Gasteiger partial charge on any atom is 0.161 e. The second-order valence-electron chi connectivity index (χ2n) is 11.5. The van der Waals surface area contributed by atoms with Crippen molar-refractivity contribution in [1.29, 1.82) is 0 Å². The molecule has 0 spiro atoms. The summed E-state index contributed by atoms with van der Waals surface area (Å²) in [6.07, 6.45) is 8.21. The normalized spacial score (nSPS) is 32.2. The maximum absolute atomic E-state index is 6.14. The lowest BCUT2D eigenvalue weighted by atomic mass is 9.43. The molecule has 0 amide bonds. The summed E-state index contributed by atoms with van der Waals surface area (Å²) in [6, 6.07) is 11.9. The van der Waals surface area contributed by atoms with Crippen molar-refractivity contribution < 1.29 is 9.47 Å². The molecular formula is C28H35Cl2NO2. The molecule has 33 heavy (non-hydrogen) atoms. The van der Waals surface area contributed by atoms with Crippen LogP contribution in [0.2, 0.25) is 10.0 Å². The summed E-state index contributed by atoms with van der Waals surface area (Å²) in [5.41, 5.74) is 3.53. The van der Waals surface area contributed by atoms with Crippen LogP contribution in [0.4, 0.5) is 0 Å². The molecular weight excluding hydrogens is 453 g/mol. The molecule has 178 valence electrons. The van der Waals surface area contributed by atoms with Gasteiger partial charge in [0.2, 0.25) is 0 Å². The highest BCUT2D eigenvalue weighted by Crippen LogP contribution is 2.66. The van der Waals surface area contributed by atoms with Crippen LogP contribution in [0, 0.1) is 16.7 Å². The number of rotatable bonds is 8. The highest BCUT2D eigenvalue weighted by Gasteiger charge is 2.59. The fourth-order valence-electron chi connectivity index (χ4n) is 7.77. The first-order valence-corrected chi connectivity index (χ1v) is 13.0. The van der Waals surface area contributed by atoms with E-state index in [1.54, 1.807) is 6.07 Å². The van der Waals surface area contributed by atoms with Gasteiger partial charge in [0, 0.05) is 12.1 Å². The summed E-state index contributed by atoms with van der Waals surface area (Å²) in [5, 5.41) is 5.12. The van der Waals surface area contributed by atoms with E-state index in [2.05, 4.69) is 31.3 Å². The maximum atomic E-state index is 6.14. The van der Waals surface area contributed by atoms with Crippen LogP contribution in [0.15, 0.2) is 36.4 Å². The van der Waals surface area contributed by atoms with Gasteiger partial charge in [-0.1, -0.05) is 49.2 Å². The molecule has 3 nitrogen and oxygen atoms in total. The van der Waals surface area contributed by atoms with Crippen LogP contribution in [-0.2, 0) is 13.2 Å². The lowest BCUT2D eigenvalue weighted by Gasteiger charge is -2.65. The first-order valence-electron chi connectivity index (χ1n) is 12.3. The molecule has 4 aliphatic rings. The molecule has 4 bridgehead atoms. The topological polar surface area (TPSA) is 30.5 Å². The van der Waals surface area contributed by atoms with Crippen molar-refractivity contribution in [2.75, 3.05) is 6.61 Å². The Balaban J connectivity index is 1.27. The number of benzene rings is 2. The van der Waals surface area contributed by atoms with E-state index in [9.17, 15) is 0 Å². The second kappa shape index (κ2) is 8.66. The zero-order chi connectivity index (χ0) is 23.3. The predicted molar refractivity (Wildman–Crippen MR) is 135 cm³/mol. The number of nitrogens with one attached hydrogen (secondary N) is 1. The summed E-state index contributed by atoms with van der Waals surface area (Å²) in [4.78, 5) is 0. The van der Waals surface area contributed by atoms with E-state index in [-0.39, 0.29) is 5.54 Å². The molecule has 4 aliphatic carbocycles. The molecule has 2 aromatic carbocycles. The number of hydrogen-bond acceptors (Lipinski definition) is 3. The average molecular weight is 488 g/mol. The van der Waals surface area contributed by atoms with E-state index < -0.39 is 0 Å². The van der Waals surface area contributed by atoms with Crippen molar-refractivity contribution in [3.63, 3.8) is 0 Å². The molecule has 4 saturated carbocycles. The SMILES string of the molecule is CCOc1cc(CNC23CC4CC(C)(CC(C)(C4)C2)C3)ccc1OCc1ccc(Cl)c(Cl)c1. The van der Waals surface area contributed by atoms with E-state index in [0.717, 1.165) is 29.5 Å². The smallest absolute Gasteiger partial charge is 0.161 e. The summed E-state index contributed by atoms with van der Waals surface area (Å²) in [7, 11) is 0. The Morgan fingerprint density at radius 1 is 0.848 bits per heavy atom. The summed E-state index contributed by atoms with van der Waals surface area (Å²) in [5.74, 6) is 2.43. The summed E-state index contributed by atoms with van der Waals surface area (Å²) >= 11 is 12.2. The molecule has 2 atom stereocenters. The second-order valence-corrected chi connectivity index (χ2v) is 12.3. The molecule has 1 N–H and O–H groups in total. The molecule has 2 aromatic rings. The Labute approximate surface area is 208 Å². The number of hydrogen-bond donors (Lipinski definition) is 1. The van der Waals surface area contributed by atoms with Crippen LogP contribution in [-0.4, -0.2) is 12.1 Å². The third-order valence-electron chi connectivity index (χ3n) is 7.98. The lowest BCUT2D eigenvalue weighted by Crippen LogP contribution is -2.63. The Morgan fingerprint density at radius 2 is 1.58 bits per heavy atom. The van der Waals surface area contributed by atoms with Crippen molar-refractivity contribution in [2.24, 2.45) is 16.7 Å². The standard InChI is InChI=1S/C28H35Cl2NO2/c1-4-32-25-10-19(6-8-24(25)33-15-20-5-7-22(29)23(30)9-20)14-31-28-13-21-11-26(2,17-28)16-27(3,12-21)18-28/h5-10,21,31H,4,11-18H2,1-3H3. The zero-order valence-corrected chi connectivity index (χ0v) is 21.5. The van der Waals surface area contributed by atoms with Crippen molar-refractivity contribution in [3.05, 3.63) is 57.6 Å². The largest absolute Gasteiger partial charge is 0.490 e. The molecule has 4 fully saturated rings. The lowest BCUT2D eigenvalue weighted by molar-refractivity contribution is -0.118. The Hall–Kier alpha value is -1.42. The van der Waals surface area contributed by atoms with E-state index in [1.807, 2.05) is 25.1 Å². The van der Waals surface area contributed by atoms with E-state index in [4.69, 9.17) is 32.7 Å². The quantitative estimate of drug-likeness (QED) is 0.411. The van der Waals surface area contributed by atoms with Crippen molar-refractivity contribution in [3.8, 4) is 11.5 Å². The Bertz CT molecular complexity index is 1020. The van der Waals surface area contributed by atoms with Crippen LogP contribution in [0.1, 0.15) is 70.4 Å². The van der Waals surface area contributed by atoms with Gasteiger partial charge in [-0.25, -0.2) is 0 Å². The monoisotopic (exact) mass is 487 g/mol. The van der Waals surface area contributed by atoms with Crippen molar-refractivity contribution in [1.82, 2.24) is 5.32 Å². The molecule has 0 saturated heterocycles. The third kappa shape index (κ3) is 4.88. The zero-order valence-electron chi connectivity index (χ0n) is 20.0. The molecule has 6 rings (SSSR count). The van der Waals surface area contributed by atoms with Gasteiger partial charge in [-0.3, -0.25) is 0 Å². The highest BCUT2D eigenvalue weighted by atomic mass is 35.5. The molecule has 0 aliphatic heterocycles. The van der Waals surface area contributed by atoms with Crippen molar-refractivity contribution in [2.45, 2.75) is 78.0 Å². The van der Waals surface area contributed by atoms with Gasteiger partial charge in [-0.2, -0.15) is 0 Å². The first kappa shape index (κ1) is 23.3. The van der Waals surface area contributed by atoms with Crippen LogP contribution in [0.5, 0.6) is 11.5 Å². The van der Waals surface area contributed by atoms with Gasteiger partial charge in [0.25, 0.3) is 0 Å². The Kier molecular flexibility index (Phi) is 6.12. The molecule has 5 heteroatoms. The summed E-state index contributed by atoms with van der Waals surface area (Å²) < 4.78 is 12.0. The first-order chi connectivity index (χ1) is 15.7. The fourth-order valence-corrected chi connectivity index (χ4v) is 8.10. The average Bonchev–Trinajstić information content (AvgIpc) is 2.72. The van der Waals surface area contributed by atoms with Gasteiger partial charge in [0.15, 0.2) is 11.5 Å². The molecule has 0 aromatic heterocycles. The van der Waals surface area contributed by atoms with E-state index >= 15 is 0 Å². The van der Waals surface area contributed by atoms with Gasteiger partial charge >= 0.3 is 0 Å². The minimum absolute atomic E-state index is 0.289. The van der Waals surface area contributed by atoms with Gasteiger partial charge in [-0.15, -0.1) is 0 Å². The Morgan fingerprint density at radius 3 is 2.24 bits per heavy atom. The molecule has 0 heterocycles. The van der Waals surface area contributed by atoms with Crippen LogP contribution in [0.25, 0.3) is 0 Å². The molecule has 0 radical (unpaired) electrons. The molecule has 2 unspecified atom stereocenters. The van der Waals surface area contributed by atoms with Gasteiger partial charge in [0.05, 0.1) is 16.7 Å². The van der Waals surface area contributed by atoms with Crippen LogP contribution in [0.3, 0.4) is 0 Å². The fraction of sp³-hybridized carbons (Fsp3) is 0.571. The van der Waals surface area contributed by atoms with Crippen LogP contribution < -0.4 is 14.8 Å². The third-order valence-corrected chi connectivity index (χ3v) is 8.72. The minimum atomic E-state index is 0.289. The van der Waals surface area contributed by atoms with E-state index in [1.165, 1.54) is 44.1 Å². The minimum Gasteiger partial charge on any atom is -0.490 e. The number of halogens is 2. The van der Waals surface area contributed by atoms with E-state index in [0.29, 0.717) is 34.1 Å². The highest BCUT2D eigenvalue weighted by molar-refractivity contribution is 6.42. The number of ether oxygens (including phenoxy) is 2. The van der Waals surface area contributed by atoms with Gasteiger partial charge < -0.3 is 14.8 Å². The van der Waals surface area contributed by atoms with Gasteiger partial charge in [-0.05, 0) is 97.6 Å². The van der Waals surface area contributed by atoms with Gasteiger partial charge in [0.1, 0.15) is 6.61 Å². The van der Waals surface area contributed by atoms with Crippen molar-refractivity contribution >= 4 is 23.2 Å². The summed E-state index contributed by atoms with van der Waals surface area (Å²) in [6.45, 7) is 8.94. The predicted octanol–water partition coefficient (Wildman–Crippen LogP) is 7.81. The van der Waals surface area contributed by atoms with Crippen LogP contribution >= 0.6 is 23.2 Å².